The van der Waals surface area contributed by atoms with Crippen LogP contribution in [0.15, 0.2) is 6.20 Å². The first-order valence-electron chi connectivity index (χ1n) is 6.47. The van der Waals surface area contributed by atoms with E-state index in [1.165, 1.54) is 0 Å². The second-order valence-electron chi connectivity index (χ2n) is 4.99. The molecule has 5 heteroatoms. The fourth-order valence-electron chi connectivity index (χ4n) is 2.12. The Balaban J connectivity index is 1.76. The summed E-state index contributed by atoms with van der Waals surface area (Å²) in [5.74, 6) is 0.212. The van der Waals surface area contributed by atoms with E-state index in [0.717, 1.165) is 49.0 Å². The van der Waals surface area contributed by atoms with Gasteiger partial charge in [-0.25, -0.2) is 4.98 Å². The van der Waals surface area contributed by atoms with Crippen LogP contribution in [0.2, 0.25) is 0 Å². The van der Waals surface area contributed by atoms with Crippen molar-refractivity contribution in [2.45, 2.75) is 19.8 Å². The third-order valence-electron chi connectivity index (χ3n) is 3.26. The van der Waals surface area contributed by atoms with E-state index in [4.69, 9.17) is 0 Å². The number of ketones is 1. The highest BCUT2D eigenvalue weighted by atomic mass is 32.1. The van der Waals surface area contributed by atoms with E-state index in [1.54, 1.807) is 18.3 Å². The maximum Gasteiger partial charge on any atom is 0.135 e. The Kier molecular flexibility index (Phi) is 4.86. The molecule has 0 bridgehead atoms. The summed E-state index contributed by atoms with van der Waals surface area (Å²) in [6.07, 6.45) is 3.39. The van der Waals surface area contributed by atoms with Crippen LogP contribution >= 0.6 is 11.3 Å². The molecule has 2 rings (SSSR count). The molecule has 4 nitrogen and oxygen atoms in total. The van der Waals surface area contributed by atoms with Crippen molar-refractivity contribution in [1.82, 2.24) is 14.8 Å². The average Bonchev–Trinajstić information content (AvgIpc) is 2.75. The predicted octanol–water partition coefficient (Wildman–Crippen LogP) is 1.06. The molecule has 1 aromatic heterocycles. The Bertz CT molecular complexity index is 397. The maximum absolute atomic E-state index is 11.0. The van der Waals surface area contributed by atoms with E-state index in [-0.39, 0.29) is 5.78 Å². The van der Waals surface area contributed by atoms with E-state index in [9.17, 15) is 4.79 Å². The van der Waals surface area contributed by atoms with Crippen LogP contribution in [0.4, 0.5) is 0 Å². The largest absolute Gasteiger partial charge is 0.304 e. The SMILES string of the molecule is CC(=O)Cc1cnc(CCN2CCN(C)CC2)s1. The lowest BCUT2D eigenvalue weighted by molar-refractivity contribution is -0.116. The molecule has 18 heavy (non-hydrogen) atoms. The Hall–Kier alpha value is -0.780. The van der Waals surface area contributed by atoms with Gasteiger partial charge in [0.2, 0.25) is 0 Å². The van der Waals surface area contributed by atoms with Gasteiger partial charge in [-0.1, -0.05) is 0 Å². The van der Waals surface area contributed by atoms with Gasteiger partial charge in [-0.2, -0.15) is 0 Å². The van der Waals surface area contributed by atoms with Crippen molar-refractivity contribution in [2.24, 2.45) is 0 Å². The number of hydrogen-bond acceptors (Lipinski definition) is 5. The number of rotatable bonds is 5. The van der Waals surface area contributed by atoms with Crippen molar-refractivity contribution in [3.63, 3.8) is 0 Å². The molecule has 0 atom stereocenters. The van der Waals surface area contributed by atoms with Gasteiger partial charge in [0, 0.05) is 56.6 Å². The van der Waals surface area contributed by atoms with Crippen LogP contribution in [-0.2, 0) is 17.6 Å². The molecule has 0 unspecified atom stereocenters. The predicted molar refractivity (Wildman–Crippen MR) is 74.1 cm³/mol. The molecule has 1 fully saturated rings. The van der Waals surface area contributed by atoms with Crippen LogP contribution in [0, 0.1) is 0 Å². The lowest BCUT2D eigenvalue weighted by Gasteiger charge is -2.32. The monoisotopic (exact) mass is 267 g/mol. The molecule has 0 amide bonds. The number of carbonyl (C=O) groups excluding carboxylic acids is 1. The standard InChI is InChI=1S/C13H21N3OS/c1-11(17)9-12-10-14-13(18-12)3-4-16-7-5-15(2)6-8-16/h10H,3-9H2,1-2H3. The highest BCUT2D eigenvalue weighted by molar-refractivity contribution is 7.11. The number of likely N-dealkylation sites (N-methyl/N-ethyl adjacent to an activating group) is 1. The first kappa shape index (κ1) is 13.6. The minimum absolute atomic E-state index is 0.212. The summed E-state index contributed by atoms with van der Waals surface area (Å²) in [7, 11) is 2.17. The number of piperazine rings is 1. The molecule has 1 aliphatic rings. The number of carbonyl (C=O) groups is 1. The van der Waals surface area contributed by atoms with Gasteiger partial charge >= 0.3 is 0 Å². The molecular formula is C13H21N3OS. The Morgan fingerprint density at radius 1 is 1.39 bits per heavy atom. The van der Waals surface area contributed by atoms with Gasteiger partial charge in [0.25, 0.3) is 0 Å². The fraction of sp³-hybridized carbons (Fsp3) is 0.692. The van der Waals surface area contributed by atoms with E-state index in [1.807, 2.05) is 6.20 Å². The van der Waals surface area contributed by atoms with Crippen molar-refractivity contribution >= 4 is 17.1 Å². The molecule has 0 radical (unpaired) electrons. The molecule has 0 aliphatic carbocycles. The molecule has 0 aromatic carbocycles. The molecule has 1 aromatic rings. The van der Waals surface area contributed by atoms with Crippen LogP contribution in [0.1, 0.15) is 16.8 Å². The first-order chi connectivity index (χ1) is 8.63. The quantitative estimate of drug-likeness (QED) is 0.799. The topological polar surface area (TPSA) is 36.4 Å². The van der Waals surface area contributed by atoms with E-state index in [0.29, 0.717) is 6.42 Å². The second-order valence-corrected chi connectivity index (χ2v) is 6.19. The summed E-state index contributed by atoms with van der Waals surface area (Å²) >= 11 is 1.68. The van der Waals surface area contributed by atoms with Crippen molar-refractivity contribution in [3.05, 3.63) is 16.1 Å². The second kappa shape index (κ2) is 6.41. The summed E-state index contributed by atoms with van der Waals surface area (Å²) in [4.78, 5) is 21.4. The van der Waals surface area contributed by atoms with Crippen LogP contribution in [0.3, 0.4) is 0 Å². The fourth-order valence-corrected chi connectivity index (χ4v) is 3.10. The zero-order valence-corrected chi connectivity index (χ0v) is 12.0. The third kappa shape index (κ3) is 4.15. The highest BCUT2D eigenvalue weighted by Crippen LogP contribution is 2.15. The number of aromatic nitrogens is 1. The molecule has 2 heterocycles. The Morgan fingerprint density at radius 2 is 2.11 bits per heavy atom. The van der Waals surface area contributed by atoms with E-state index < -0.39 is 0 Å². The molecule has 1 saturated heterocycles. The zero-order valence-electron chi connectivity index (χ0n) is 11.2. The normalized spacial score (nSPS) is 18.1. The molecule has 0 N–H and O–H groups in total. The summed E-state index contributed by atoms with van der Waals surface area (Å²) < 4.78 is 0. The number of hydrogen-bond donors (Lipinski definition) is 0. The van der Waals surface area contributed by atoms with Gasteiger partial charge < -0.3 is 9.80 Å². The first-order valence-corrected chi connectivity index (χ1v) is 7.29. The van der Waals surface area contributed by atoms with Crippen molar-refractivity contribution in [2.75, 3.05) is 39.8 Å². The lowest BCUT2D eigenvalue weighted by atomic mass is 10.3. The molecule has 1 aliphatic heterocycles. The number of Topliss-reactive ketones (excluding diaryl/α,β-unsaturated/α-hetero) is 1. The van der Waals surface area contributed by atoms with Gasteiger partial charge in [-0.3, -0.25) is 4.79 Å². The van der Waals surface area contributed by atoms with E-state index in [2.05, 4.69) is 21.8 Å². The number of nitrogens with zero attached hydrogens (tertiary/aromatic N) is 3. The van der Waals surface area contributed by atoms with E-state index >= 15 is 0 Å². The maximum atomic E-state index is 11.0. The van der Waals surface area contributed by atoms with Gasteiger partial charge in [0.05, 0.1) is 5.01 Å². The summed E-state index contributed by atoms with van der Waals surface area (Å²) in [5, 5.41) is 1.16. The summed E-state index contributed by atoms with van der Waals surface area (Å²) in [6.45, 7) is 7.34. The molecule has 0 saturated carbocycles. The molecular weight excluding hydrogens is 246 g/mol. The molecule has 100 valence electrons. The van der Waals surface area contributed by atoms with Crippen molar-refractivity contribution in [3.8, 4) is 0 Å². The van der Waals surface area contributed by atoms with Crippen molar-refractivity contribution < 1.29 is 4.79 Å². The van der Waals surface area contributed by atoms with Gasteiger partial charge in [0.15, 0.2) is 0 Å². The van der Waals surface area contributed by atoms with Crippen LogP contribution in [0.25, 0.3) is 0 Å². The molecule has 0 spiro atoms. The smallest absolute Gasteiger partial charge is 0.135 e. The van der Waals surface area contributed by atoms with Gasteiger partial charge in [0.1, 0.15) is 5.78 Å². The van der Waals surface area contributed by atoms with Crippen LogP contribution < -0.4 is 0 Å². The Labute approximate surface area is 113 Å². The van der Waals surface area contributed by atoms with Gasteiger partial charge in [-0.05, 0) is 14.0 Å². The summed E-state index contributed by atoms with van der Waals surface area (Å²) in [6, 6.07) is 0. The minimum atomic E-state index is 0.212. The van der Waals surface area contributed by atoms with Crippen LogP contribution in [-0.4, -0.2) is 60.3 Å². The third-order valence-corrected chi connectivity index (χ3v) is 4.32. The minimum Gasteiger partial charge on any atom is -0.304 e. The van der Waals surface area contributed by atoms with Crippen molar-refractivity contribution in [1.29, 1.82) is 0 Å². The van der Waals surface area contributed by atoms with Crippen LogP contribution in [0.5, 0.6) is 0 Å². The summed E-state index contributed by atoms with van der Waals surface area (Å²) in [5.41, 5.74) is 0. The lowest BCUT2D eigenvalue weighted by Crippen LogP contribution is -2.45. The van der Waals surface area contributed by atoms with Gasteiger partial charge in [-0.15, -0.1) is 11.3 Å². The highest BCUT2D eigenvalue weighted by Gasteiger charge is 2.14. The average molecular weight is 267 g/mol. The Morgan fingerprint density at radius 3 is 2.78 bits per heavy atom. The number of thiazole rings is 1. The zero-order chi connectivity index (χ0) is 13.0.